The Labute approximate surface area is 131 Å². The lowest BCUT2D eigenvalue weighted by Gasteiger charge is -2.35. The Morgan fingerprint density at radius 3 is 2.65 bits per heavy atom. The van der Waals surface area contributed by atoms with Crippen molar-refractivity contribution in [3.63, 3.8) is 0 Å². The van der Waals surface area contributed by atoms with E-state index in [1.54, 1.807) is 18.5 Å². The molecule has 0 spiro atoms. The molecule has 1 amide bonds. The Kier molecular flexibility index (Phi) is 3.62. The second kappa shape index (κ2) is 5.37. The van der Waals surface area contributed by atoms with Crippen molar-refractivity contribution in [1.29, 1.82) is 0 Å². The number of nitrogens with zero attached hydrogens (tertiary/aromatic N) is 2. The molecule has 120 valence electrons. The van der Waals surface area contributed by atoms with Crippen LogP contribution in [0.5, 0.6) is 0 Å². The first-order valence-electron chi connectivity index (χ1n) is 7.23. The first-order chi connectivity index (χ1) is 10.8. The number of fused-ring (bicyclic) bond motifs is 1. The number of rotatable bonds is 1. The predicted molar refractivity (Wildman–Crippen MR) is 80.4 cm³/mol. The number of alkyl halides is 3. The van der Waals surface area contributed by atoms with E-state index in [0.29, 0.717) is 17.7 Å². The molecular formula is C17H15F3N2O. The van der Waals surface area contributed by atoms with Gasteiger partial charge in [0, 0.05) is 17.8 Å². The van der Waals surface area contributed by atoms with E-state index in [9.17, 15) is 18.0 Å². The summed E-state index contributed by atoms with van der Waals surface area (Å²) in [6.45, 7) is 3.73. The van der Waals surface area contributed by atoms with Crippen LogP contribution in [0.2, 0.25) is 0 Å². The van der Waals surface area contributed by atoms with Gasteiger partial charge in [-0.1, -0.05) is 6.07 Å². The molecule has 3 nitrogen and oxygen atoms in total. The number of carbonyl (C=O) groups is 1. The zero-order chi connectivity index (χ0) is 16.8. The highest BCUT2D eigenvalue weighted by molar-refractivity contribution is 6.09. The van der Waals surface area contributed by atoms with Crippen LogP contribution in [0.4, 0.5) is 18.9 Å². The number of amides is 1. The van der Waals surface area contributed by atoms with Gasteiger partial charge in [0.25, 0.3) is 5.91 Å². The minimum absolute atomic E-state index is 0.112. The lowest BCUT2D eigenvalue weighted by molar-refractivity contribution is -0.137. The van der Waals surface area contributed by atoms with Gasteiger partial charge in [0.15, 0.2) is 0 Å². The van der Waals surface area contributed by atoms with Gasteiger partial charge in [-0.25, -0.2) is 0 Å². The van der Waals surface area contributed by atoms with Crippen molar-refractivity contribution in [3.8, 4) is 0 Å². The summed E-state index contributed by atoms with van der Waals surface area (Å²) in [6, 6.07) is 5.01. The Balaban J connectivity index is 2.09. The number of anilines is 1. The third-order valence-corrected chi connectivity index (χ3v) is 4.11. The molecular weight excluding hydrogens is 305 g/mol. The summed E-state index contributed by atoms with van der Waals surface area (Å²) in [6.07, 6.45) is -0.767. The van der Waals surface area contributed by atoms with E-state index >= 15 is 0 Å². The van der Waals surface area contributed by atoms with E-state index in [1.807, 2.05) is 13.8 Å². The van der Waals surface area contributed by atoms with Gasteiger partial charge in [0.2, 0.25) is 0 Å². The largest absolute Gasteiger partial charge is 0.416 e. The fraction of sp³-hybridized carbons (Fsp3) is 0.294. The first-order valence-corrected chi connectivity index (χ1v) is 7.23. The third kappa shape index (κ3) is 2.69. The Bertz CT molecular complexity index is 771. The maximum absolute atomic E-state index is 12.9. The SMILES string of the molecule is Cc1ccncc1N1C(=O)c2cc(C(F)(F)F)ccc2CC1C. The molecule has 23 heavy (non-hydrogen) atoms. The number of hydrogen-bond donors (Lipinski definition) is 0. The highest BCUT2D eigenvalue weighted by Gasteiger charge is 2.36. The molecule has 1 aliphatic heterocycles. The molecule has 0 saturated carbocycles. The van der Waals surface area contributed by atoms with E-state index < -0.39 is 17.6 Å². The van der Waals surface area contributed by atoms with Gasteiger partial charge in [-0.05, 0) is 49.6 Å². The smallest absolute Gasteiger partial charge is 0.303 e. The fourth-order valence-corrected chi connectivity index (χ4v) is 2.92. The monoisotopic (exact) mass is 320 g/mol. The summed E-state index contributed by atoms with van der Waals surface area (Å²) in [4.78, 5) is 18.4. The second-order valence-electron chi connectivity index (χ2n) is 5.76. The normalized spacial score (nSPS) is 18.0. The van der Waals surface area contributed by atoms with Gasteiger partial charge in [0.05, 0.1) is 17.4 Å². The molecule has 2 aromatic rings. The second-order valence-corrected chi connectivity index (χ2v) is 5.76. The zero-order valence-corrected chi connectivity index (χ0v) is 12.7. The summed E-state index contributed by atoms with van der Waals surface area (Å²) in [5, 5.41) is 0. The van der Waals surface area contributed by atoms with Gasteiger partial charge < -0.3 is 4.90 Å². The predicted octanol–water partition coefficient (Wildman–Crippen LogP) is 4.00. The molecule has 1 unspecified atom stereocenters. The molecule has 6 heteroatoms. The zero-order valence-electron chi connectivity index (χ0n) is 12.7. The van der Waals surface area contributed by atoms with Crippen LogP contribution in [-0.4, -0.2) is 16.9 Å². The number of halogens is 3. The number of hydrogen-bond acceptors (Lipinski definition) is 2. The van der Waals surface area contributed by atoms with Gasteiger partial charge in [-0.2, -0.15) is 13.2 Å². The van der Waals surface area contributed by atoms with Gasteiger partial charge in [-0.15, -0.1) is 0 Å². The van der Waals surface area contributed by atoms with E-state index in [2.05, 4.69) is 4.98 Å². The summed E-state index contributed by atoms with van der Waals surface area (Å²) in [5.41, 5.74) is 1.44. The number of carbonyl (C=O) groups excluding carboxylic acids is 1. The topological polar surface area (TPSA) is 33.2 Å². The van der Waals surface area contributed by atoms with E-state index in [1.165, 1.54) is 11.0 Å². The van der Waals surface area contributed by atoms with Crippen LogP contribution < -0.4 is 4.90 Å². The Morgan fingerprint density at radius 2 is 2.00 bits per heavy atom. The highest BCUT2D eigenvalue weighted by Crippen LogP contribution is 2.35. The van der Waals surface area contributed by atoms with Crippen LogP contribution in [0.1, 0.15) is 34.0 Å². The summed E-state index contributed by atoms with van der Waals surface area (Å²) in [7, 11) is 0. The minimum Gasteiger partial charge on any atom is -0.303 e. The maximum atomic E-state index is 12.9. The molecule has 0 fully saturated rings. The van der Waals surface area contributed by atoms with E-state index in [0.717, 1.165) is 17.7 Å². The van der Waals surface area contributed by atoms with Crippen molar-refractivity contribution in [2.24, 2.45) is 0 Å². The first kappa shape index (κ1) is 15.5. The van der Waals surface area contributed by atoms with Crippen molar-refractivity contribution in [3.05, 3.63) is 58.9 Å². The maximum Gasteiger partial charge on any atom is 0.416 e. The van der Waals surface area contributed by atoms with E-state index in [-0.39, 0.29) is 11.6 Å². The van der Waals surface area contributed by atoms with Crippen molar-refractivity contribution < 1.29 is 18.0 Å². The molecule has 0 N–H and O–H groups in total. The van der Waals surface area contributed by atoms with Crippen LogP contribution in [0.25, 0.3) is 0 Å². The van der Waals surface area contributed by atoms with Crippen LogP contribution in [0.3, 0.4) is 0 Å². The number of pyridine rings is 1. The summed E-state index contributed by atoms with van der Waals surface area (Å²) in [5.74, 6) is -0.416. The van der Waals surface area contributed by atoms with Crippen molar-refractivity contribution in [2.75, 3.05) is 4.90 Å². The molecule has 0 radical (unpaired) electrons. The third-order valence-electron chi connectivity index (χ3n) is 4.11. The van der Waals surface area contributed by atoms with Crippen LogP contribution >= 0.6 is 0 Å². The minimum atomic E-state index is -4.46. The molecule has 1 aromatic heterocycles. The highest BCUT2D eigenvalue weighted by atomic mass is 19.4. The van der Waals surface area contributed by atoms with Crippen LogP contribution in [-0.2, 0) is 12.6 Å². The average Bonchev–Trinajstić information content (AvgIpc) is 2.48. The van der Waals surface area contributed by atoms with Crippen LogP contribution in [0, 0.1) is 6.92 Å². The van der Waals surface area contributed by atoms with Gasteiger partial charge >= 0.3 is 6.18 Å². The standard InChI is InChI=1S/C17H15F3N2O/c1-10-5-6-21-9-15(10)22-11(2)7-12-3-4-13(17(18,19)20)8-14(12)16(22)23/h3-6,8-9,11H,7H2,1-2H3. The van der Waals surface area contributed by atoms with Gasteiger partial charge in [0.1, 0.15) is 0 Å². The summed E-state index contributed by atoms with van der Waals surface area (Å²) < 4.78 is 38.7. The van der Waals surface area contributed by atoms with E-state index in [4.69, 9.17) is 0 Å². The fourth-order valence-electron chi connectivity index (χ4n) is 2.92. The number of benzene rings is 1. The van der Waals surface area contributed by atoms with Crippen molar-refractivity contribution >= 4 is 11.6 Å². The molecule has 0 bridgehead atoms. The van der Waals surface area contributed by atoms with Crippen molar-refractivity contribution in [1.82, 2.24) is 4.98 Å². The van der Waals surface area contributed by atoms with Crippen LogP contribution in [0.15, 0.2) is 36.7 Å². The lowest BCUT2D eigenvalue weighted by atomic mass is 9.91. The molecule has 0 aliphatic carbocycles. The quantitative estimate of drug-likeness (QED) is 0.796. The lowest BCUT2D eigenvalue weighted by Crippen LogP contribution is -2.44. The molecule has 0 saturated heterocycles. The molecule has 1 aromatic carbocycles. The molecule has 2 heterocycles. The number of aromatic nitrogens is 1. The van der Waals surface area contributed by atoms with Crippen molar-refractivity contribution in [2.45, 2.75) is 32.5 Å². The Hall–Kier alpha value is -2.37. The van der Waals surface area contributed by atoms with Gasteiger partial charge in [-0.3, -0.25) is 9.78 Å². The average molecular weight is 320 g/mol. The molecule has 1 aliphatic rings. The summed E-state index contributed by atoms with van der Waals surface area (Å²) >= 11 is 0. The number of aryl methyl sites for hydroxylation is 1. The molecule has 3 rings (SSSR count). The Morgan fingerprint density at radius 1 is 1.26 bits per heavy atom. The molecule has 1 atom stereocenters.